The molecule has 1 unspecified atom stereocenters. The van der Waals surface area contributed by atoms with E-state index in [0.717, 1.165) is 35.7 Å². The van der Waals surface area contributed by atoms with Crippen molar-refractivity contribution >= 4 is 0 Å². The van der Waals surface area contributed by atoms with E-state index in [0.29, 0.717) is 0 Å². The van der Waals surface area contributed by atoms with Gasteiger partial charge in [0.1, 0.15) is 6.10 Å². The molecule has 0 radical (unpaired) electrons. The van der Waals surface area contributed by atoms with E-state index in [4.69, 9.17) is 4.74 Å². The molecular weight excluding hydrogens is 262 g/mol. The van der Waals surface area contributed by atoms with Gasteiger partial charge in [0.25, 0.3) is 0 Å². The Morgan fingerprint density at radius 3 is 2.24 bits per heavy atom. The fraction of sp³-hybridized carbons (Fsp3) is 0.412. The maximum absolute atomic E-state index is 5.62. The molecule has 0 fully saturated rings. The molecule has 4 heteroatoms. The van der Waals surface area contributed by atoms with E-state index in [9.17, 15) is 0 Å². The molecule has 0 aliphatic heterocycles. The van der Waals surface area contributed by atoms with Gasteiger partial charge in [-0.25, -0.2) is 9.97 Å². The number of benzene rings is 1. The molecule has 1 N–H and O–H groups in total. The zero-order valence-corrected chi connectivity index (χ0v) is 13.2. The zero-order valence-electron chi connectivity index (χ0n) is 13.2. The van der Waals surface area contributed by atoms with E-state index in [1.807, 2.05) is 51.2 Å². The number of likely N-dealkylation sites (N-methyl/N-ethyl adjacent to an activating group) is 1. The highest BCUT2D eigenvalue weighted by atomic mass is 16.5. The highest BCUT2D eigenvalue weighted by Crippen LogP contribution is 2.24. The van der Waals surface area contributed by atoms with E-state index in [2.05, 4.69) is 15.3 Å². The molecule has 0 saturated heterocycles. The van der Waals surface area contributed by atoms with Crippen LogP contribution in [0.3, 0.4) is 0 Å². The van der Waals surface area contributed by atoms with Crippen molar-refractivity contribution in [3.63, 3.8) is 0 Å². The SMILES string of the molecule is CNCCc1c(C)nc(C(OC)c2ccccc2)nc1C. The van der Waals surface area contributed by atoms with Gasteiger partial charge in [0.2, 0.25) is 0 Å². The minimum absolute atomic E-state index is 0.220. The number of hydrogen-bond acceptors (Lipinski definition) is 4. The second kappa shape index (κ2) is 7.29. The fourth-order valence-corrected chi connectivity index (χ4v) is 2.51. The van der Waals surface area contributed by atoms with E-state index >= 15 is 0 Å². The van der Waals surface area contributed by atoms with Crippen molar-refractivity contribution < 1.29 is 4.74 Å². The van der Waals surface area contributed by atoms with Gasteiger partial charge in [0.05, 0.1) is 0 Å². The van der Waals surface area contributed by atoms with Crippen LogP contribution in [-0.2, 0) is 11.2 Å². The molecular formula is C17H23N3O. The first-order valence-corrected chi connectivity index (χ1v) is 7.23. The Labute approximate surface area is 126 Å². The molecule has 21 heavy (non-hydrogen) atoms. The average molecular weight is 285 g/mol. The monoisotopic (exact) mass is 285 g/mol. The maximum atomic E-state index is 5.62. The third-order valence-electron chi connectivity index (χ3n) is 3.64. The summed E-state index contributed by atoms with van der Waals surface area (Å²) in [6, 6.07) is 10.1. The number of hydrogen-bond donors (Lipinski definition) is 1. The Balaban J connectivity index is 2.35. The lowest BCUT2D eigenvalue weighted by Gasteiger charge is -2.17. The summed E-state index contributed by atoms with van der Waals surface area (Å²) in [7, 11) is 3.65. The molecule has 112 valence electrons. The van der Waals surface area contributed by atoms with Crippen LogP contribution in [0.2, 0.25) is 0 Å². The average Bonchev–Trinajstić information content (AvgIpc) is 2.48. The van der Waals surface area contributed by atoms with Crippen molar-refractivity contribution in [1.82, 2.24) is 15.3 Å². The second-order valence-corrected chi connectivity index (χ2v) is 5.11. The Morgan fingerprint density at radius 1 is 1.10 bits per heavy atom. The van der Waals surface area contributed by atoms with Crippen LogP contribution in [0.25, 0.3) is 0 Å². The number of rotatable bonds is 6. The number of nitrogens with one attached hydrogen (secondary N) is 1. The molecule has 0 aliphatic rings. The summed E-state index contributed by atoms with van der Waals surface area (Å²) < 4.78 is 5.62. The summed E-state index contributed by atoms with van der Waals surface area (Å²) in [5, 5.41) is 3.16. The van der Waals surface area contributed by atoms with Crippen LogP contribution < -0.4 is 5.32 Å². The number of aryl methyl sites for hydroxylation is 2. The van der Waals surface area contributed by atoms with Crippen LogP contribution in [0, 0.1) is 13.8 Å². The normalized spacial score (nSPS) is 12.4. The molecule has 1 aromatic heterocycles. The quantitative estimate of drug-likeness (QED) is 0.886. The lowest BCUT2D eigenvalue weighted by molar-refractivity contribution is 0.128. The Bertz CT molecular complexity index is 561. The van der Waals surface area contributed by atoms with Crippen LogP contribution in [-0.4, -0.2) is 30.7 Å². The first-order valence-electron chi connectivity index (χ1n) is 7.23. The zero-order chi connectivity index (χ0) is 15.2. The Kier molecular flexibility index (Phi) is 5.42. The Hall–Kier alpha value is -1.78. The summed E-state index contributed by atoms with van der Waals surface area (Å²) in [4.78, 5) is 9.34. The van der Waals surface area contributed by atoms with Crippen molar-refractivity contribution in [3.8, 4) is 0 Å². The summed E-state index contributed by atoms with van der Waals surface area (Å²) >= 11 is 0. The molecule has 0 bridgehead atoms. The first kappa shape index (κ1) is 15.6. The molecule has 1 heterocycles. The van der Waals surface area contributed by atoms with E-state index in [1.165, 1.54) is 5.56 Å². The van der Waals surface area contributed by atoms with Crippen LogP contribution in [0.4, 0.5) is 0 Å². The van der Waals surface area contributed by atoms with Crippen molar-refractivity contribution in [2.24, 2.45) is 0 Å². The van der Waals surface area contributed by atoms with Gasteiger partial charge >= 0.3 is 0 Å². The summed E-state index contributed by atoms with van der Waals surface area (Å²) in [6.07, 6.45) is 0.721. The van der Waals surface area contributed by atoms with Crippen LogP contribution in [0.15, 0.2) is 30.3 Å². The summed E-state index contributed by atoms with van der Waals surface area (Å²) in [6.45, 7) is 5.01. The molecule has 2 rings (SSSR count). The number of nitrogens with zero attached hydrogens (tertiary/aromatic N) is 2. The van der Waals surface area contributed by atoms with Gasteiger partial charge in [-0.15, -0.1) is 0 Å². The van der Waals surface area contributed by atoms with Gasteiger partial charge < -0.3 is 10.1 Å². The van der Waals surface area contributed by atoms with Crippen molar-refractivity contribution in [2.45, 2.75) is 26.4 Å². The highest BCUT2D eigenvalue weighted by Gasteiger charge is 2.18. The number of ether oxygens (including phenoxy) is 1. The highest BCUT2D eigenvalue weighted by molar-refractivity contribution is 5.29. The number of methoxy groups -OCH3 is 1. The summed E-state index contributed by atoms with van der Waals surface area (Å²) in [5.74, 6) is 0.729. The van der Waals surface area contributed by atoms with E-state index in [1.54, 1.807) is 7.11 Å². The third kappa shape index (κ3) is 3.65. The second-order valence-electron chi connectivity index (χ2n) is 5.11. The van der Waals surface area contributed by atoms with Crippen molar-refractivity contribution in [2.75, 3.05) is 20.7 Å². The minimum atomic E-state index is -0.220. The molecule has 0 saturated carbocycles. The van der Waals surface area contributed by atoms with Crippen LogP contribution >= 0.6 is 0 Å². The first-order chi connectivity index (χ1) is 10.2. The lowest BCUT2D eigenvalue weighted by atomic mass is 10.1. The minimum Gasteiger partial charge on any atom is -0.369 e. The van der Waals surface area contributed by atoms with Gasteiger partial charge in [0, 0.05) is 18.5 Å². The van der Waals surface area contributed by atoms with Gasteiger partial charge in [-0.2, -0.15) is 0 Å². The van der Waals surface area contributed by atoms with Crippen LogP contribution in [0.5, 0.6) is 0 Å². The molecule has 2 aromatic rings. The van der Waals surface area contributed by atoms with E-state index < -0.39 is 0 Å². The van der Waals surface area contributed by atoms with Gasteiger partial charge in [-0.05, 0) is 45.0 Å². The van der Waals surface area contributed by atoms with Gasteiger partial charge in [-0.1, -0.05) is 30.3 Å². The van der Waals surface area contributed by atoms with E-state index in [-0.39, 0.29) is 6.10 Å². The predicted molar refractivity (Wildman–Crippen MR) is 84.4 cm³/mol. The summed E-state index contributed by atoms with van der Waals surface area (Å²) in [5.41, 5.74) is 4.36. The maximum Gasteiger partial charge on any atom is 0.162 e. The van der Waals surface area contributed by atoms with Gasteiger partial charge in [0.15, 0.2) is 5.82 Å². The predicted octanol–water partition coefficient (Wildman–Crippen LogP) is 2.59. The largest absolute Gasteiger partial charge is 0.369 e. The topological polar surface area (TPSA) is 47.0 Å². The van der Waals surface area contributed by atoms with Crippen molar-refractivity contribution in [3.05, 3.63) is 58.7 Å². The molecule has 1 aromatic carbocycles. The third-order valence-corrected chi connectivity index (χ3v) is 3.64. The van der Waals surface area contributed by atoms with Gasteiger partial charge in [-0.3, -0.25) is 0 Å². The molecule has 0 amide bonds. The smallest absolute Gasteiger partial charge is 0.162 e. The van der Waals surface area contributed by atoms with Crippen LogP contribution in [0.1, 0.15) is 34.4 Å². The van der Waals surface area contributed by atoms with Crippen molar-refractivity contribution in [1.29, 1.82) is 0 Å². The Morgan fingerprint density at radius 2 is 1.71 bits per heavy atom. The molecule has 0 spiro atoms. The standard InChI is InChI=1S/C17H23N3O/c1-12-15(10-11-18-3)13(2)20-17(19-12)16(21-4)14-8-6-5-7-9-14/h5-9,16,18H,10-11H2,1-4H3. The fourth-order valence-electron chi connectivity index (χ4n) is 2.51. The number of aromatic nitrogens is 2. The molecule has 0 aliphatic carbocycles. The lowest BCUT2D eigenvalue weighted by Crippen LogP contribution is -2.16. The molecule has 4 nitrogen and oxygen atoms in total. The molecule has 1 atom stereocenters.